The van der Waals surface area contributed by atoms with E-state index in [0.717, 1.165) is 5.56 Å². The molecule has 1 amide bonds. The number of carboxylic acids is 1. The van der Waals surface area contributed by atoms with Gasteiger partial charge in [0.1, 0.15) is 12.4 Å². The summed E-state index contributed by atoms with van der Waals surface area (Å²) in [4.78, 5) is 23.2. The highest BCUT2D eigenvalue weighted by molar-refractivity contribution is 5.81. The first-order valence-electron chi connectivity index (χ1n) is 5.61. The van der Waals surface area contributed by atoms with E-state index in [1.807, 2.05) is 0 Å². The number of carbonyl (C=O) groups excluding carboxylic acids is 1. The Labute approximate surface area is 105 Å². The molecule has 0 saturated carbocycles. The molecule has 0 heterocycles. The highest BCUT2D eigenvalue weighted by atomic mass is 19.1. The number of hydrogen-bond donors (Lipinski definition) is 1. The second-order valence-electron chi connectivity index (χ2n) is 4.23. The molecule has 0 unspecified atom stereocenters. The van der Waals surface area contributed by atoms with Gasteiger partial charge < -0.3 is 10.0 Å². The van der Waals surface area contributed by atoms with Gasteiger partial charge in [-0.1, -0.05) is 12.1 Å². The first-order chi connectivity index (χ1) is 8.40. The molecule has 0 bridgehead atoms. The van der Waals surface area contributed by atoms with Gasteiger partial charge in [0, 0.05) is 13.5 Å². The molecule has 0 saturated heterocycles. The minimum atomic E-state index is -1.04. The summed E-state index contributed by atoms with van der Waals surface area (Å²) in [6.07, 6.45) is 0.693. The molecule has 1 aromatic rings. The number of benzene rings is 1. The molecular formula is C13H16FNO3. The molecule has 0 atom stereocenters. The lowest BCUT2D eigenvalue weighted by molar-refractivity contribution is -0.143. The molecule has 18 heavy (non-hydrogen) atoms. The van der Waals surface area contributed by atoms with Crippen LogP contribution in [0.5, 0.6) is 0 Å². The van der Waals surface area contributed by atoms with E-state index in [0.29, 0.717) is 12.0 Å². The summed E-state index contributed by atoms with van der Waals surface area (Å²) in [5.74, 6) is -1.55. The van der Waals surface area contributed by atoms with Crippen molar-refractivity contribution < 1.29 is 19.1 Å². The summed E-state index contributed by atoms with van der Waals surface area (Å²) < 4.78 is 13.0. The standard InChI is InChI=1S/C13H16FNO3/c1-9-7-10(3-5-11(9)14)4-6-12(16)15(2)8-13(17)18/h3,5,7H,4,6,8H2,1-2H3,(H,17,18). The summed E-state index contributed by atoms with van der Waals surface area (Å²) in [5.41, 5.74) is 1.41. The van der Waals surface area contributed by atoms with Gasteiger partial charge in [-0.15, -0.1) is 0 Å². The zero-order chi connectivity index (χ0) is 13.7. The van der Waals surface area contributed by atoms with Crippen LogP contribution in [0.1, 0.15) is 17.5 Å². The Morgan fingerprint density at radius 3 is 2.61 bits per heavy atom. The number of aliphatic carboxylic acids is 1. The summed E-state index contributed by atoms with van der Waals surface area (Å²) in [6.45, 7) is 1.36. The van der Waals surface area contributed by atoms with Gasteiger partial charge in [-0.3, -0.25) is 9.59 Å². The Morgan fingerprint density at radius 2 is 2.06 bits per heavy atom. The van der Waals surface area contributed by atoms with Crippen molar-refractivity contribution in [2.45, 2.75) is 19.8 Å². The van der Waals surface area contributed by atoms with Crippen LogP contribution in [0.3, 0.4) is 0 Å². The lowest BCUT2D eigenvalue weighted by Crippen LogP contribution is -2.32. The fraction of sp³-hybridized carbons (Fsp3) is 0.385. The van der Waals surface area contributed by atoms with E-state index in [1.54, 1.807) is 19.1 Å². The van der Waals surface area contributed by atoms with E-state index in [-0.39, 0.29) is 24.7 Å². The molecule has 0 radical (unpaired) electrons. The van der Waals surface area contributed by atoms with Gasteiger partial charge in [-0.25, -0.2) is 4.39 Å². The van der Waals surface area contributed by atoms with Crippen molar-refractivity contribution in [3.63, 3.8) is 0 Å². The third kappa shape index (κ3) is 4.16. The van der Waals surface area contributed by atoms with Gasteiger partial charge in [0.25, 0.3) is 0 Å². The second kappa shape index (κ2) is 6.14. The van der Waals surface area contributed by atoms with Crippen molar-refractivity contribution >= 4 is 11.9 Å². The third-order valence-corrected chi connectivity index (χ3v) is 2.65. The normalized spacial score (nSPS) is 10.2. The maximum Gasteiger partial charge on any atom is 0.323 e. The van der Waals surface area contributed by atoms with E-state index in [9.17, 15) is 14.0 Å². The maximum absolute atomic E-state index is 13.0. The molecule has 1 rings (SSSR count). The maximum atomic E-state index is 13.0. The lowest BCUT2D eigenvalue weighted by atomic mass is 10.1. The van der Waals surface area contributed by atoms with Gasteiger partial charge in [0.2, 0.25) is 5.91 Å². The number of aryl methyl sites for hydroxylation is 2. The first kappa shape index (κ1) is 14.2. The van der Waals surface area contributed by atoms with Crippen molar-refractivity contribution in [1.29, 1.82) is 0 Å². The van der Waals surface area contributed by atoms with Crippen molar-refractivity contribution in [2.75, 3.05) is 13.6 Å². The summed E-state index contributed by atoms with van der Waals surface area (Å²) in [6, 6.07) is 4.70. The Bertz CT molecular complexity index is 460. The molecule has 0 aliphatic heterocycles. The Balaban J connectivity index is 2.52. The van der Waals surface area contributed by atoms with E-state index in [1.165, 1.54) is 18.0 Å². The number of carbonyl (C=O) groups is 2. The van der Waals surface area contributed by atoms with E-state index >= 15 is 0 Å². The molecule has 0 spiro atoms. The predicted octanol–water partition coefficient (Wildman–Crippen LogP) is 1.61. The Kier molecular flexibility index (Phi) is 4.83. The molecule has 0 aliphatic rings. The number of amides is 1. The second-order valence-corrected chi connectivity index (χ2v) is 4.23. The van der Waals surface area contributed by atoms with Gasteiger partial charge in [-0.05, 0) is 30.5 Å². The van der Waals surface area contributed by atoms with Gasteiger partial charge in [-0.2, -0.15) is 0 Å². The van der Waals surface area contributed by atoms with Crippen LogP contribution in [0.2, 0.25) is 0 Å². The van der Waals surface area contributed by atoms with E-state index < -0.39 is 5.97 Å². The molecule has 5 heteroatoms. The van der Waals surface area contributed by atoms with Crippen LogP contribution in [-0.2, 0) is 16.0 Å². The molecule has 1 aromatic carbocycles. The van der Waals surface area contributed by atoms with Crippen LogP contribution in [0.4, 0.5) is 4.39 Å². The summed E-state index contributed by atoms with van der Waals surface area (Å²) in [7, 11) is 1.45. The van der Waals surface area contributed by atoms with Crippen molar-refractivity contribution in [2.24, 2.45) is 0 Å². The van der Waals surface area contributed by atoms with Crippen molar-refractivity contribution in [3.05, 3.63) is 35.1 Å². The molecular weight excluding hydrogens is 237 g/mol. The fourth-order valence-corrected chi connectivity index (χ4v) is 1.60. The van der Waals surface area contributed by atoms with E-state index in [4.69, 9.17) is 5.11 Å². The van der Waals surface area contributed by atoms with E-state index in [2.05, 4.69) is 0 Å². The number of carboxylic acid groups (broad SMARTS) is 1. The highest BCUT2D eigenvalue weighted by Gasteiger charge is 2.12. The number of nitrogens with zero attached hydrogens (tertiary/aromatic N) is 1. The summed E-state index contributed by atoms with van der Waals surface area (Å²) in [5, 5.41) is 8.55. The van der Waals surface area contributed by atoms with Gasteiger partial charge in [0.05, 0.1) is 0 Å². The topological polar surface area (TPSA) is 57.6 Å². The van der Waals surface area contributed by atoms with Crippen LogP contribution < -0.4 is 0 Å². The number of rotatable bonds is 5. The lowest BCUT2D eigenvalue weighted by Gasteiger charge is -2.14. The Morgan fingerprint density at radius 1 is 1.39 bits per heavy atom. The largest absolute Gasteiger partial charge is 0.480 e. The van der Waals surface area contributed by atoms with Crippen molar-refractivity contribution in [3.8, 4) is 0 Å². The fourth-order valence-electron chi connectivity index (χ4n) is 1.60. The number of hydrogen-bond acceptors (Lipinski definition) is 2. The molecule has 0 fully saturated rings. The van der Waals surface area contributed by atoms with Crippen LogP contribution in [0, 0.1) is 12.7 Å². The molecule has 98 valence electrons. The monoisotopic (exact) mass is 253 g/mol. The van der Waals surface area contributed by atoms with Gasteiger partial charge in [0.15, 0.2) is 0 Å². The van der Waals surface area contributed by atoms with Crippen molar-refractivity contribution in [1.82, 2.24) is 4.90 Å². The van der Waals surface area contributed by atoms with Crippen LogP contribution in [0.25, 0.3) is 0 Å². The average Bonchev–Trinajstić information content (AvgIpc) is 2.29. The zero-order valence-electron chi connectivity index (χ0n) is 10.4. The van der Waals surface area contributed by atoms with Crippen LogP contribution >= 0.6 is 0 Å². The smallest absolute Gasteiger partial charge is 0.323 e. The number of likely N-dealkylation sites (N-methyl/N-ethyl adjacent to an activating group) is 1. The highest BCUT2D eigenvalue weighted by Crippen LogP contribution is 2.11. The first-order valence-corrected chi connectivity index (χ1v) is 5.61. The van der Waals surface area contributed by atoms with Gasteiger partial charge >= 0.3 is 5.97 Å². The zero-order valence-corrected chi connectivity index (χ0v) is 10.4. The Hall–Kier alpha value is -1.91. The van der Waals surface area contributed by atoms with Crippen LogP contribution in [0.15, 0.2) is 18.2 Å². The minimum absolute atomic E-state index is 0.217. The molecule has 0 aliphatic carbocycles. The average molecular weight is 253 g/mol. The predicted molar refractivity (Wildman–Crippen MR) is 64.7 cm³/mol. The minimum Gasteiger partial charge on any atom is -0.480 e. The SMILES string of the molecule is Cc1cc(CCC(=O)N(C)CC(=O)O)ccc1F. The third-order valence-electron chi connectivity index (χ3n) is 2.65. The molecule has 0 aromatic heterocycles. The quantitative estimate of drug-likeness (QED) is 0.867. The molecule has 4 nitrogen and oxygen atoms in total. The number of halogens is 1. The molecule has 1 N–H and O–H groups in total. The van der Waals surface area contributed by atoms with Crippen LogP contribution in [-0.4, -0.2) is 35.5 Å². The summed E-state index contributed by atoms with van der Waals surface area (Å²) >= 11 is 0.